The Balaban J connectivity index is 1.82. The van der Waals surface area contributed by atoms with E-state index in [0.29, 0.717) is 18.9 Å². The summed E-state index contributed by atoms with van der Waals surface area (Å²) in [5.74, 6) is 0. The summed E-state index contributed by atoms with van der Waals surface area (Å²) in [6.07, 6.45) is 3.87. The van der Waals surface area contributed by atoms with Crippen LogP contribution in [0.15, 0.2) is 48.8 Å². The molecule has 0 saturated heterocycles. The van der Waals surface area contributed by atoms with Gasteiger partial charge < -0.3 is 10.7 Å². The predicted molar refractivity (Wildman–Crippen MR) is 109 cm³/mol. The lowest BCUT2D eigenvalue weighted by Crippen LogP contribution is -1.94. The van der Waals surface area contributed by atoms with E-state index in [2.05, 4.69) is 23.1 Å². The van der Waals surface area contributed by atoms with Gasteiger partial charge in [-0.25, -0.2) is 14.8 Å². The van der Waals surface area contributed by atoms with Crippen molar-refractivity contribution in [3.63, 3.8) is 0 Å². The molecular weight excluding hydrogens is 354 g/mol. The highest BCUT2D eigenvalue weighted by Gasteiger charge is 2.17. The number of fused-ring (bicyclic) bond motifs is 1. The van der Waals surface area contributed by atoms with Crippen LogP contribution in [0.25, 0.3) is 33.4 Å². The third-order valence-corrected chi connectivity index (χ3v) is 4.54. The maximum atomic E-state index is 6.00. The number of nitrogen functional groups attached to an aromatic ring is 1. The van der Waals surface area contributed by atoms with Gasteiger partial charge in [0.15, 0.2) is 0 Å². The van der Waals surface area contributed by atoms with Gasteiger partial charge in [0.1, 0.15) is 17.9 Å². The van der Waals surface area contributed by atoms with E-state index in [1.165, 1.54) is 0 Å². The second kappa shape index (κ2) is 7.84. The number of benzene rings is 1. The summed E-state index contributed by atoms with van der Waals surface area (Å²) < 4.78 is 1.94. The van der Waals surface area contributed by atoms with Crippen molar-refractivity contribution in [3.05, 3.63) is 54.5 Å². The van der Waals surface area contributed by atoms with Gasteiger partial charge >= 0.3 is 0 Å². The number of nitrogens with zero attached hydrogens (tertiary/aromatic N) is 3. The summed E-state index contributed by atoms with van der Waals surface area (Å²) in [5.41, 5.74) is 12.4. The van der Waals surface area contributed by atoms with E-state index in [1.807, 2.05) is 48.0 Å². The van der Waals surface area contributed by atoms with Crippen LogP contribution in [0.1, 0.15) is 19.5 Å². The van der Waals surface area contributed by atoms with Gasteiger partial charge in [-0.05, 0) is 43.7 Å². The van der Waals surface area contributed by atoms with Gasteiger partial charge in [-0.3, -0.25) is 4.68 Å². The Morgan fingerprint density at radius 2 is 2.00 bits per heavy atom. The zero-order valence-corrected chi connectivity index (χ0v) is 16.0. The Morgan fingerprint density at radius 1 is 1.11 bits per heavy atom. The molecule has 0 unspecified atom stereocenters. The van der Waals surface area contributed by atoms with Gasteiger partial charge in [-0.15, -0.1) is 0 Å². The lowest BCUT2D eigenvalue weighted by atomic mass is 10.00. The van der Waals surface area contributed by atoms with Crippen molar-refractivity contribution in [2.45, 2.75) is 27.0 Å². The zero-order chi connectivity index (χ0) is 19.5. The van der Waals surface area contributed by atoms with Gasteiger partial charge in [-0.2, -0.15) is 5.10 Å². The molecule has 28 heavy (non-hydrogen) atoms. The largest absolute Gasteiger partial charge is 0.399 e. The second-order valence-corrected chi connectivity index (χ2v) is 6.46. The number of anilines is 1. The number of aromatic nitrogens is 4. The molecule has 0 saturated carbocycles. The second-order valence-electron chi connectivity index (χ2n) is 6.46. The fourth-order valence-corrected chi connectivity index (χ4v) is 3.26. The number of aryl methyl sites for hydroxylation is 1. The minimum Gasteiger partial charge on any atom is -0.399 e. The molecule has 0 aliphatic carbocycles. The number of pyridine rings is 1. The number of aromatic amines is 1. The van der Waals surface area contributed by atoms with Gasteiger partial charge in [0.25, 0.3) is 0 Å². The number of H-pyrrole nitrogens is 1. The van der Waals surface area contributed by atoms with E-state index in [9.17, 15) is 0 Å². The van der Waals surface area contributed by atoms with Gasteiger partial charge in [0.05, 0.1) is 6.61 Å². The lowest BCUT2D eigenvalue weighted by Gasteiger charge is -2.05. The summed E-state index contributed by atoms with van der Waals surface area (Å²) in [5, 5.41) is 5.79. The fourth-order valence-electron chi connectivity index (χ4n) is 3.26. The first-order valence-corrected chi connectivity index (χ1v) is 9.34. The van der Waals surface area contributed by atoms with Crippen LogP contribution in [-0.2, 0) is 22.9 Å². The average Bonchev–Trinajstić information content (AvgIpc) is 3.32. The molecule has 1 aromatic carbocycles. The van der Waals surface area contributed by atoms with Crippen molar-refractivity contribution in [3.8, 4) is 22.4 Å². The molecule has 3 heterocycles. The normalized spacial score (nSPS) is 11.4. The molecule has 0 radical (unpaired) electrons. The molecule has 0 spiro atoms. The molecule has 0 aliphatic heterocycles. The Labute approximate surface area is 163 Å². The van der Waals surface area contributed by atoms with Crippen LogP contribution in [0.4, 0.5) is 5.69 Å². The summed E-state index contributed by atoms with van der Waals surface area (Å²) >= 11 is 0. The highest BCUT2D eigenvalue weighted by atomic mass is 17.2. The molecule has 0 atom stereocenters. The molecule has 0 aliphatic rings. The molecule has 3 aromatic heterocycles. The smallest absolute Gasteiger partial charge is 0.138 e. The van der Waals surface area contributed by atoms with E-state index >= 15 is 0 Å². The number of hydrogen-bond donors (Lipinski definition) is 2. The number of nitrogens with two attached hydrogens (primary N) is 1. The third kappa shape index (κ3) is 3.49. The Morgan fingerprint density at radius 3 is 2.79 bits per heavy atom. The van der Waals surface area contributed by atoms with Crippen molar-refractivity contribution in [2.75, 3.05) is 12.3 Å². The monoisotopic (exact) mass is 377 g/mol. The van der Waals surface area contributed by atoms with E-state index in [0.717, 1.165) is 45.7 Å². The molecule has 7 nitrogen and oxygen atoms in total. The molecule has 7 heteroatoms. The van der Waals surface area contributed by atoms with Crippen LogP contribution in [0.3, 0.4) is 0 Å². The number of rotatable bonds is 7. The van der Waals surface area contributed by atoms with Crippen molar-refractivity contribution in [1.82, 2.24) is 19.7 Å². The quantitative estimate of drug-likeness (QED) is 0.218. The van der Waals surface area contributed by atoms with Gasteiger partial charge in [0, 0.05) is 46.8 Å². The SMILES string of the molecule is CCOOCc1cc2c(-c3cn(CC)nc3-c3cccc(N)c3)ccnc2[nH]1. The Hall–Kier alpha value is -3.16. The number of nitrogens with one attached hydrogen (secondary N) is 1. The van der Waals surface area contributed by atoms with E-state index in [1.54, 1.807) is 6.20 Å². The molecule has 3 N–H and O–H groups in total. The first-order chi connectivity index (χ1) is 13.7. The summed E-state index contributed by atoms with van der Waals surface area (Å²) in [7, 11) is 0. The fraction of sp³-hybridized carbons (Fsp3) is 0.238. The van der Waals surface area contributed by atoms with E-state index in [4.69, 9.17) is 20.6 Å². The predicted octanol–water partition coefficient (Wildman–Crippen LogP) is 4.16. The molecule has 144 valence electrons. The summed E-state index contributed by atoms with van der Waals surface area (Å²) in [6, 6.07) is 11.9. The standard InChI is InChI=1S/C21H23N5O2/c1-3-26-12-19(20(25-26)14-6-5-7-15(22)10-14)17-8-9-23-21-18(17)11-16(24-21)13-28-27-4-2/h5-12H,3-4,13,22H2,1-2H3,(H,23,24). The average molecular weight is 377 g/mol. The van der Waals surface area contributed by atoms with Crippen molar-refractivity contribution >= 4 is 16.7 Å². The van der Waals surface area contributed by atoms with Gasteiger partial charge in [0.2, 0.25) is 0 Å². The lowest BCUT2D eigenvalue weighted by molar-refractivity contribution is -0.301. The first-order valence-electron chi connectivity index (χ1n) is 9.34. The van der Waals surface area contributed by atoms with Crippen LogP contribution in [-0.4, -0.2) is 26.4 Å². The van der Waals surface area contributed by atoms with Crippen molar-refractivity contribution in [1.29, 1.82) is 0 Å². The van der Waals surface area contributed by atoms with Gasteiger partial charge in [-0.1, -0.05) is 12.1 Å². The molecule has 0 bridgehead atoms. The molecule has 0 fully saturated rings. The Bertz CT molecular complexity index is 1100. The molecule has 0 amide bonds. The van der Waals surface area contributed by atoms with Crippen LogP contribution < -0.4 is 5.73 Å². The minimum atomic E-state index is 0.333. The summed E-state index contributed by atoms with van der Waals surface area (Å²) in [6.45, 7) is 5.57. The van der Waals surface area contributed by atoms with Crippen molar-refractivity contribution in [2.24, 2.45) is 0 Å². The van der Waals surface area contributed by atoms with Crippen LogP contribution in [0.5, 0.6) is 0 Å². The highest BCUT2D eigenvalue weighted by molar-refractivity contribution is 5.97. The topological polar surface area (TPSA) is 91.0 Å². The van der Waals surface area contributed by atoms with Crippen LogP contribution >= 0.6 is 0 Å². The van der Waals surface area contributed by atoms with Crippen LogP contribution in [0, 0.1) is 0 Å². The molecule has 4 aromatic rings. The summed E-state index contributed by atoms with van der Waals surface area (Å²) in [4.78, 5) is 17.9. The third-order valence-electron chi connectivity index (χ3n) is 4.54. The van der Waals surface area contributed by atoms with Crippen molar-refractivity contribution < 1.29 is 9.78 Å². The molecule has 4 rings (SSSR count). The van der Waals surface area contributed by atoms with E-state index in [-0.39, 0.29) is 0 Å². The van der Waals surface area contributed by atoms with Crippen LogP contribution in [0.2, 0.25) is 0 Å². The highest BCUT2D eigenvalue weighted by Crippen LogP contribution is 2.35. The minimum absolute atomic E-state index is 0.333. The first kappa shape index (κ1) is 18.2. The molecular formula is C21H23N5O2. The maximum Gasteiger partial charge on any atom is 0.138 e. The Kier molecular flexibility index (Phi) is 5.10. The zero-order valence-electron chi connectivity index (χ0n) is 16.0. The maximum absolute atomic E-state index is 6.00. The number of hydrogen-bond acceptors (Lipinski definition) is 5. The van der Waals surface area contributed by atoms with E-state index < -0.39 is 0 Å².